The van der Waals surface area contributed by atoms with Crippen LogP contribution < -0.4 is 5.32 Å². The number of esters is 1. The summed E-state index contributed by atoms with van der Waals surface area (Å²) in [6.45, 7) is 6.00. The van der Waals surface area contributed by atoms with Gasteiger partial charge < -0.3 is 14.6 Å². The molecule has 5 heterocycles. The minimum absolute atomic E-state index is 0.0556. The van der Waals surface area contributed by atoms with Gasteiger partial charge in [-0.2, -0.15) is 0 Å². The Morgan fingerprint density at radius 1 is 1.07 bits per heavy atom. The average molecular weight is 388 g/mol. The van der Waals surface area contributed by atoms with Gasteiger partial charge in [0, 0.05) is 31.8 Å². The minimum atomic E-state index is -0.201. The van der Waals surface area contributed by atoms with Crippen molar-refractivity contribution in [2.45, 2.75) is 76.4 Å². The number of nitrogens with zero attached hydrogens (tertiary/aromatic N) is 4. The molecule has 1 atom stereocenters. The number of nitrogens with one attached hydrogen (secondary N) is 1. The van der Waals surface area contributed by atoms with Gasteiger partial charge in [0.15, 0.2) is 0 Å². The highest BCUT2D eigenvalue weighted by Gasteiger charge is 2.49. The zero-order chi connectivity index (χ0) is 19.0. The first-order valence-electron chi connectivity index (χ1n) is 11.3. The van der Waals surface area contributed by atoms with Crippen molar-refractivity contribution in [3.05, 3.63) is 11.6 Å². The summed E-state index contributed by atoms with van der Waals surface area (Å²) in [4.78, 5) is 15.0. The van der Waals surface area contributed by atoms with Gasteiger partial charge in [-0.15, -0.1) is 10.2 Å². The summed E-state index contributed by atoms with van der Waals surface area (Å²) in [5.41, 5.74) is -0.201. The van der Waals surface area contributed by atoms with Crippen LogP contribution in [-0.2, 0) is 22.5 Å². The van der Waals surface area contributed by atoms with E-state index in [1.165, 1.54) is 30.9 Å². The van der Waals surface area contributed by atoms with Crippen molar-refractivity contribution < 1.29 is 9.53 Å². The number of carbonyl (C=O) groups is 1. The lowest BCUT2D eigenvalue weighted by Crippen LogP contribution is -2.40. The number of rotatable bonds is 3. The summed E-state index contributed by atoms with van der Waals surface area (Å²) < 4.78 is 8.22. The molecule has 5 rings (SSSR count). The van der Waals surface area contributed by atoms with Crippen LogP contribution >= 0.6 is 0 Å². The van der Waals surface area contributed by atoms with Crippen molar-refractivity contribution in [3.8, 4) is 0 Å². The fourth-order valence-corrected chi connectivity index (χ4v) is 5.72. The second-order valence-electron chi connectivity index (χ2n) is 9.27. The Morgan fingerprint density at radius 3 is 2.71 bits per heavy atom. The predicted molar refractivity (Wildman–Crippen MR) is 105 cm³/mol. The highest BCUT2D eigenvalue weighted by atomic mass is 16.6. The van der Waals surface area contributed by atoms with E-state index in [1.54, 1.807) is 0 Å². The number of hydrogen-bond acceptors (Lipinski definition) is 6. The first-order valence-corrected chi connectivity index (χ1v) is 11.3. The van der Waals surface area contributed by atoms with Gasteiger partial charge in [0.2, 0.25) is 0 Å². The second-order valence-corrected chi connectivity index (χ2v) is 9.27. The predicted octanol–water partition coefficient (Wildman–Crippen LogP) is 1.87. The molecular weight excluding hydrogens is 354 g/mol. The number of ether oxygens (including phenoxy) is 1. The number of fused-ring (bicyclic) bond motifs is 1. The van der Waals surface area contributed by atoms with Crippen molar-refractivity contribution in [1.29, 1.82) is 0 Å². The maximum absolute atomic E-state index is 12.5. The maximum Gasteiger partial charge on any atom is 0.312 e. The quantitative estimate of drug-likeness (QED) is 0.799. The zero-order valence-corrected chi connectivity index (χ0v) is 16.9. The third kappa shape index (κ3) is 3.47. The molecule has 0 radical (unpaired) electrons. The smallest absolute Gasteiger partial charge is 0.312 e. The van der Waals surface area contributed by atoms with Gasteiger partial charge in [0.25, 0.3) is 0 Å². The van der Waals surface area contributed by atoms with Crippen molar-refractivity contribution in [3.63, 3.8) is 0 Å². The van der Waals surface area contributed by atoms with Crippen LogP contribution in [0.25, 0.3) is 0 Å². The first kappa shape index (κ1) is 18.6. The van der Waals surface area contributed by atoms with Crippen LogP contribution in [0.5, 0.6) is 0 Å². The third-order valence-corrected chi connectivity index (χ3v) is 7.44. The summed E-state index contributed by atoms with van der Waals surface area (Å²) >= 11 is 0. The molecule has 3 fully saturated rings. The SMILES string of the molecule is O=C1OC(CN2CCC(c3nnc4n3CCCCC4)CC2)CC12CCNCC2. The first-order chi connectivity index (χ1) is 13.7. The standard InChI is InChI=1S/C21H33N5O2/c27-20-21(7-9-22-10-8-21)14-17(28-20)15-25-12-5-16(6-13-25)19-24-23-18-4-2-1-3-11-26(18)19/h16-17,22H,1-15H2. The van der Waals surface area contributed by atoms with Gasteiger partial charge >= 0.3 is 5.97 Å². The molecular formula is C21H33N5O2. The van der Waals surface area contributed by atoms with Gasteiger partial charge in [-0.3, -0.25) is 9.69 Å². The van der Waals surface area contributed by atoms with Crippen LogP contribution in [0.1, 0.15) is 68.9 Å². The average Bonchev–Trinajstić information content (AvgIpc) is 3.14. The summed E-state index contributed by atoms with van der Waals surface area (Å²) in [5, 5.41) is 12.4. The van der Waals surface area contributed by atoms with Crippen molar-refractivity contribution >= 4 is 5.97 Å². The van der Waals surface area contributed by atoms with E-state index in [1.807, 2.05) is 0 Å². The number of aromatic nitrogens is 3. The van der Waals surface area contributed by atoms with Crippen LogP contribution in [0, 0.1) is 5.41 Å². The molecule has 7 nitrogen and oxygen atoms in total. The van der Waals surface area contributed by atoms with Crippen LogP contribution in [0.2, 0.25) is 0 Å². The number of cyclic esters (lactones) is 1. The Bertz CT molecular complexity index is 704. The lowest BCUT2D eigenvalue weighted by molar-refractivity contribution is -0.150. The van der Waals surface area contributed by atoms with Crippen LogP contribution in [0.4, 0.5) is 0 Å². The molecule has 0 amide bonds. The van der Waals surface area contributed by atoms with Crippen LogP contribution in [-0.4, -0.2) is 64.5 Å². The fraction of sp³-hybridized carbons (Fsp3) is 0.857. The fourth-order valence-electron chi connectivity index (χ4n) is 5.72. The maximum atomic E-state index is 12.5. The van der Waals surface area contributed by atoms with E-state index in [9.17, 15) is 4.79 Å². The number of aryl methyl sites for hydroxylation is 1. The van der Waals surface area contributed by atoms with E-state index in [2.05, 4.69) is 25.0 Å². The Balaban J connectivity index is 1.16. The molecule has 3 saturated heterocycles. The Hall–Kier alpha value is -1.47. The molecule has 154 valence electrons. The van der Waals surface area contributed by atoms with Gasteiger partial charge in [-0.05, 0) is 64.7 Å². The van der Waals surface area contributed by atoms with E-state index >= 15 is 0 Å². The molecule has 7 heteroatoms. The van der Waals surface area contributed by atoms with Crippen LogP contribution in [0.15, 0.2) is 0 Å². The number of carbonyl (C=O) groups excluding carboxylic acids is 1. The van der Waals surface area contributed by atoms with Crippen molar-refractivity contribution in [1.82, 2.24) is 25.0 Å². The van der Waals surface area contributed by atoms with Crippen molar-refractivity contribution in [2.24, 2.45) is 5.41 Å². The summed E-state index contributed by atoms with van der Waals surface area (Å²) in [6, 6.07) is 0. The molecule has 1 aromatic rings. The van der Waals surface area contributed by atoms with Gasteiger partial charge in [0.1, 0.15) is 17.8 Å². The van der Waals surface area contributed by atoms with Crippen molar-refractivity contribution in [2.75, 3.05) is 32.7 Å². The number of likely N-dealkylation sites (tertiary alicyclic amines) is 1. The summed E-state index contributed by atoms with van der Waals surface area (Å²) in [7, 11) is 0. The Morgan fingerprint density at radius 2 is 1.89 bits per heavy atom. The monoisotopic (exact) mass is 387 g/mol. The molecule has 28 heavy (non-hydrogen) atoms. The molecule has 0 saturated carbocycles. The molecule has 1 spiro atoms. The number of hydrogen-bond donors (Lipinski definition) is 1. The van der Waals surface area contributed by atoms with E-state index in [0.717, 1.165) is 77.8 Å². The zero-order valence-electron chi connectivity index (χ0n) is 16.9. The summed E-state index contributed by atoms with van der Waals surface area (Å²) in [5.74, 6) is 3.00. The molecule has 1 unspecified atom stereocenters. The Kier molecular flexibility index (Phi) is 5.13. The van der Waals surface area contributed by atoms with E-state index in [0.29, 0.717) is 5.92 Å². The van der Waals surface area contributed by atoms with E-state index in [4.69, 9.17) is 4.74 Å². The third-order valence-electron chi connectivity index (χ3n) is 7.44. The highest BCUT2D eigenvalue weighted by Crippen LogP contribution is 2.42. The molecule has 1 N–H and O–H groups in total. The second kappa shape index (κ2) is 7.75. The Labute approximate surface area is 167 Å². The summed E-state index contributed by atoms with van der Waals surface area (Å²) in [6.07, 6.45) is 9.99. The van der Waals surface area contributed by atoms with E-state index < -0.39 is 0 Å². The molecule has 1 aromatic heterocycles. The molecule has 0 aliphatic carbocycles. The highest BCUT2D eigenvalue weighted by molar-refractivity contribution is 5.79. The van der Waals surface area contributed by atoms with E-state index in [-0.39, 0.29) is 17.5 Å². The molecule has 4 aliphatic rings. The normalized spacial score (nSPS) is 28.9. The van der Waals surface area contributed by atoms with Gasteiger partial charge in [-0.25, -0.2) is 0 Å². The van der Waals surface area contributed by atoms with Gasteiger partial charge in [0.05, 0.1) is 5.41 Å². The molecule has 0 bridgehead atoms. The molecule has 0 aromatic carbocycles. The number of piperidine rings is 2. The van der Waals surface area contributed by atoms with Gasteiger partial charge in [-0.1, -0.05) is 6.42 Å². The topological polar surface area (TPSA) is 72.3 Å². The van der Waals surface area contributed by atoms with Crippen LogP contribution in [0.3, 0.4) is 0 Å². The largest absolute Gasteiger partial charge is 0.461 e. The molecule has 4 aliphatic heterocycles. The lowest BCUT2D eigenvalue weighted by atomic mass is 9.76. The lowest BCUT2D eigenvalue weighted by Gasteiger charge is -2.33. The minimum Gasteiger partial charge on any atom is -0.461 e.